The van der Waals surface area contributed by atoms with Crippen molar-refractivity contribution in [2.24, 2.45) is 0 Å². The third-order valence-corrected chi connectivity index (χ3v) is 3.43. The number of carbonyl (C=O) groups is 1. The fourth-order valence-corrected chi connectivity index (χ4v) is 2.30. The van der Waals surface area contributed by atoms with Crippen LogP contribution in [0, 0.1) is 12.7 Å². The summed E-state index contributed by atoms with van der Waals surface area (Å²) in [6, 6.07) is 9.69. The highest BCUT2D eigenvalue weighted by Gasteiger charge is 2.27. The summed E-state index contributed by atoms with van der Waals surface area (Å²) in [7, 11) is 0. The number of allylic oxidation sites excluding steroid dienone is 1. The summed E-state index contributed by atoms with van der Waals surface area (Å²) in [4.78, 5) is 12.2. The van der Waals surface area contributed by atoms with Crippen LogP contribution in [0.25, 0.3) is 6.08 Å². The van der Waals surface area contributed by atoms with Gasteiger partial charge in [0, 0.05) is 5.56 Å². The number of hydrogen-bond acceptors (Lipinski definition) is 2. The van der Waals surface area contributed by atoms with Crippen molar-refractivity contribution < 1.29 is 13.9 Å². The summed E-state index contributed by atoms with van der Waals surface area (Å²) in [5, 5.41) is 0.237. The summed E-state index contributed by atoms with van der Waals surface area (Å²) in [6.45, 7) is 1.89. The van der Waals surface area contributed by atoms with E-state index in [0.29, 0.717) is 11.3 Å². The molecule has 2 nitrogen and oxygen atoms in total. The summed E-state index contributed by atoms with van der Waals surface area (Å²) in [5.41, 5.74) is 1.61. The fourth-order valence-electron chi connectivity index (χ4n) is 2.08. The molecular weight excluding hydrogens is 279 g/mol. The van der Waals surface area contributed by atoms with Crippen LogP contribution in [-0.4, -0.2) is 5.78 Å². The lowest BCUT2D eigenvalue weighted by Gasteiger charge is -2.02. The van der Waals surface area contributed by atoms with Crippen LogP contribution in [0.3, 0.4) is 0 Å². The first-order valence-electron chi connectivity index (χ1n) is 6.05. The highest BCUT2D eigenvalue weighted by Crippen LogP contribution is 2.33. The standard InChI is InChI=1S/C16H10ClFO2/c1-9-5-6-14-11(7-9)16(19)15(20-14)8-10-12(17)3-2-4-13(10)18/h2-8H,1H3/b15-8-. The minimum atomic E-state index is -0.492. The Kier molecular flexibility index (Phi) is 3.07. The van der Waals surface area contributed by atoms with Gasteiger partial charge in [0.25, 0.3) is 0 Å². The van der Waals surface area contributed by atoms with Crippen LogP contribution in [0.15, 0.2) is 42.2 Å². The SMILES string of the molecule is Cc1ccc2c(c1)C(=O)/C(=C/c1c(F)cccc1Cl)O2. The molecule has 100 valence electrons. The highest BCUT2D eigenvalue weighted by molar-refractivity contribution is 6.32. The van der Waals surface area contributed by atoms with E-state index < -0.39 is 5.82 Å². The molecule has 0 unspecified atom stereocenters. The number of rotatable bonds is 1. The predicted octanol–water partition coefficient (Wildman–Crippen LogP) is 4.40. The molecule has 0 atom stereocenters. The third kappa shape index (κ3) is 2.10. The largest absolute Gasteiger partial charge is 0.452 e. The second kappa shape index (κ2) is 4.76. The summed E-state index contributed by atoms with van der Waals surface area (Å²) in [6.07, 6.45) is 1.34. The summed E-state index contributed by atoms with van der Waals surface area (Å²) in [5.74, 6) is -0.187. The third-order valence-electron chi connectivity index (χ3n) is 3.10. The molecule has 3 rings (SSSR count). The quantitative estimate of drug-likeness (QED) is 0.727. The van der Waals surface area contributed by atoms with Gasteiger partial charge in [-0.15, -0.1) is 0 Å². The Balaban J connectivity index is 2.06. The van der Waals surface area contributed by atoms with Crippen LogP contribution >= 0.6 is 11.6 Å². The zero-order valence-electron chi connectivity index (χ0n) is 10.6. The van der Waals surface area contributed by atoms with Gasteiger partial charge in [-0.05, 0) is 37.3 Å². The second-order valence-electron chi connectivity index (χ2n) is 4.57. The van der Waals surface area contributed by atoms with Crippen molar-refractivity contribution in [2.45, 2.75) is 6.92 Å². The Labute approximate surface area is 120 Å². The average molecular weight is 289 g/mol. The molecule has 1 aliphatic rings. The van der Waals surface area contributed by atoms with E-state index in [-0.39, 0.29) is 22.1 Å². The van der Waals surface area contributed by atoms with Gasteiger partial charge < -0.3 is 4.74 Å². The van der Waals surface area contributed by atoms with Gasteiger partial charge in [-0.1, -0.05) is 29.3 Å². The molecule has 2 aromatic rings. The van der Waals surface area contributed by atoms with Crippen LogP contribution in [0.4, 0.5) is 4.39 Å². The Morgan fingerprint density at radius 2 is 2.05 bits per heavy atom. The van der Waals surface area contributed by atoms with Gasteiger partial charge in [-0.2, -0.15) is 0 Å². The van der Waals surface area contributed by atoms with Crippen LogP contribution in [0.2, 0.25) is 5.02 Å². The van der Waals surface area contributed by atoms with E-state index in [1.165, 1.54) is 18.2 Å². The number of fused-ring (bicyclic) bond motifs is 1. The molecule has 1 heterocycles. The van der Waals surface area contributed by atoms with E-state index in [1.54, 1.807) is 18.2 Å². The maximum absolute atomic E-state index is 13.7. The van der Waals surface area contributed by atoms with E-state index in [0.717, 1.165) is 5.56 Å². The topological polar surface area (TPSA) is 26.3 Å². The second-order valence-corrected chi connectivity index (χ2v) is 4.98. The molecular formula is C16H10ClFO2. The van der Waals surface area contributed by atoms with Gasteiger partial charge in [-0.3, -0.25) is 4.79 Å². The van der Waals surface area contributed by atoms with Crippen molar-refractivity contribution in [3.05, 3.63) is 69.7 Å². The van der Waals surface area contributed by atoms with Crippen molar-refractivity contribution >= 4 is 23.5 Å². The van der Waals surface area contributed by atoms with Crippen LogP contribution in [0.5, 0.6) is 5.75 Å². The first-order chi connectivity index (χ1) is 9.56. The Bertz CT molecular complexity index is 730. The normalized spacial score (nSPS) is 15.3. The van der Waals surface area contributed by atoms with E-state index in [1.807, 2.05) is 13.0 Å². The molecule has 0 spiro atoms. The maximum atomic E-state index is 13.7. The van der Waals surface area contributed by atoms with Crippen LogP contribution in [-0.2, 0) is 0 Å². The van der Waals surface area contributed by atoms with Crippen molar-refractivity contribution in [1.29, 1.82) is 0 Å². The lowest BCUT2D eigenvalue weighted by atomic mass is 10.1. The molecule has 0 amide bonds. The van der Waals surface area contributed by atoms with E-state index in [4.69, 9.17) is 16.3 Å². The van der Waals surface area contributed by atoms with Crippen molar-refractivity contribution in [1.82, 2.24) is 0 Å². The van der Waals surface area contributed by atoms with E-state index >= 15 is 0 Å². The lowest BCUT2D eigenvalue weighted by Crippen LogP contribution is -1.99. The number of benzene rings is 2. The monoisotopic (exact) mass is 288 g/mol. The first kappa shape index (κ1) is 12.9. The molecule has 0 N–H and O–H groups in total. The molecule has 0 saturated carbocycles. The van der Waals surface area contributed by atoms with Crippen molar-refractivity contribution in [3.63, 3.8) is 0 Å². The Hall–Kier alpha value is -2.13. The van der Waals surface area contributed by atoms with Crippen molar-refractivity contribution in [2.75, 3.05) is 0 Å². The zero-order valence-corrected chi connectivity index (χ0v) is 11.4. The fraction of sp³-hybridized carbons (Fsp3) is 0.0625. The Morgan fingerprint density at radius 3 is 2.80 bits per heavy atom. The average Bonchev–Trinajstić information content (AvgIpc) is 2.71. The number of ketones is 1. The van der Waals surface area contributed by atoms with Crippen LogP contribution in [0.1, 0.15) is 21.5 Å². The molecule has 4 heteroatoms. The summed E-state index contributed by atoms with van der Waals surface area (Å²) < 4.78 is 19.2. The molecule has 2 aromatic carbocycles. The molecule has 20 heavy (non-hydrogen) atoms. The van der Waals surface area contributed by atoms with Gasteiger partial charge in [0.05, 0.1) is 10.6 Å². The highest BCUT2D eigenvalue weighted by atomic mass is 35.5. The molecule has 0 aliphatic carbocycles. The smallest absolute Gasteiger partial charge is 0.231 e. The van der Waals surface area contributed by atoms with E-state index in [9.17, 15) is 9.18 Å². The zero-order chi connectivity index (χ0) is 14.3. The minimum absolute atomic E-state index is 0.0811. The Morgan fingerprint density at radius 1 is 1.25 bits per heavy atom. The van der Waals surface area contributed by atoms with Gasteiger partial charge in [0.1, 0.15) is 11.6 Å². The summed E-state index contributed by atoms with van der Waals surface area (Å²) >= 11 is 5.94. The van der Waals surface area contributed by atoms with Gasteiger partial charge in [0.15, 0.2) is 5.76 Å². The number of ether oxygens (including phenoxy) is 1. The van der Waals surface area contributed by atoms with Gasteiger partial charge >= 0.3 is 0 Å². The molecule has 0 bridgehead atoms. The number of aryl methyl sites for hydroxylation is 1. The number of hydrogen-bond donors (Lipinski definition) is 0. The van der Waals surface area contributed by atoms with Gasteiger partial charge in [-0.25, -0.2) is 4.39 Å². The van der Waals surface area contributed by atoms with Crippen molar-refractivity contribution in [3.8, 4) is 5.75 Å². The lowest BCUT2D eigenvalue weighted by molar-refractivity contribution is 0.101. The molecule has 0 fully saturated rings. The molecule has 1 aliphatic heterocycles. The van der Waals surface area contributed by atoms with Crippen LogP contribution < -0.4 is 4.74 Å². The molecule has 0 radical (unpaired) electrons. The maximum Gasteiger partial charge on any atom is 0.231 e. The number of Topliss-reactive ketones (excluding diaryl/α,β-unsaturated/α-hetero) is 1. The predicted molar refractivity (Wildman–Crippen MR) is 75.5 cm³/mol. The number of halogens is 2. The number of carbonyl (C=O) groups excluding carboxylic acids is 1. The minimum Gasteiger partial charge on any atom is -0.452 e. The molecule has 0 aromatic heterocycles. The molecule has 0 saturated heterocycles. The van der Waals surface area contributed by atoms with E-state index in [2.05, 4.69) is 0 Å². The van der Waals surface area contributed by atoms with Gasteiger partial charge in [0.2, 0.25) is 5.78 Å². The first-order valence-corrected chi connectivity index (χ1v) is 6.43.